The van der Waals surface area contributed by atoms with E-state index >= 15 is 0 Å². The van der Waals surface area contributed by atoms with Crippen LogP contribution in [0.5, 0.6) is 0 Å². The van der Waals surface area contributed by atoms with Crippen molar-refractivity contribution in [2.45, 2.75) is 39.5 Å². The van der Waals surface area contributed by atoms with Crippen molar-refractivity contribution in [3.8, 4) is 0 Å². The van der Waals surface area contributed by atoms with Crippen molar-refractivity contribution < 1.29 is 0 Å². The van der Waals surface area contributed by atoms with Gasteiger partial charge in [0.1, 0.15) is 0 Å². The summed E-state index contributed by atoms with van der Waals surface area (Å²) in [6.07, 6.45) is 15.5. The first-order chi connectivity index (χ1) is 20.4. The Bertz CT molecular complexity index is 1340. The molecule has 0 atom stereocenters. The van der Waals surface area contributed by atoms with Crippen molar-refractivity contribution in [1.82, 2.24) is 19.7 Å². The fourth-order valence-corrected chi connectivity index (χ4v) is 6.13. The Balaban J connectivity index is 1.58. The van der Waals surface area contributed by atoms with Crippen LogP contribution < -0.4 is 5.32 Å². The van der Waals surface area contributed by atoms with Gasteiger partial charge in [0.05, 0.1) is 0 Å². The first-order valence-electron chi connectivity index (χ1n) is 15.6. The molecule has 0 saturated carbocycles. The van der Waals surface area contributed by atoms with Crippen LogP contribution in [0.25, 0.3) is 16.8 Å². The Labute approximate surface area is 254 Å². The molecule has 2 aromatic rings. The minimum absolute atomic E-state index is 0.973. The number of aromatic nitrogens is 1. The molecule has 2 aliphatic rings. The van der Waals surface area contributed by atoms with Gasteiger partial charge in [0.15, 0.2) is 0 Å². The Morgan fingerprint density at radius 3 is 2.40 bits per heavy atom. The van der Waals surface area contributed by atoms with E-state index in [-0.39, 0.29) is 0 Å². The normalized spacial score (nSPS) is 17.5. The number of aryl methyl sites for hydroxylation is 1. The molecule has 1 aromatic carbocycles. The molecule has 0 unspecified atom stereocenters. The summed E-state index contributed by atoms with van der Waals surface area (Å²) in [5.41, 5.74) is 11.4. The van der Waals surface area contributed by atoms with Gasteiger partial charge in [-0.2, -0.15) is 0 Å². The van der Waals surface area contributed by atoms with Gasteiger partial charge in [0.2, 0.25) is 0 Å². The maximum Gasteiger partial charge on any atom is 0.0463 e. The topological polar surface area (TPSA) is 37.5 Å². The summed E-state index contributed by atoms with van der Waals surface area (Å²) in [5.74, 6) is 0. The number of likely N-dealkylation sites (tertiary alicyclic amines) is 1. The molecule has 0 aliphatic carbocycles. The van der Waals surface area contributed by atoms with E-state index < -0.39 is 0 Å². The molecule has 0 spiro atoms. The lowest BCUT2D eigenvalue weighted by Crippen LogP contribution is -2.43. The highest BCUT2D eigenvalue weighted by Gasteiger charge is 2.21. The molecule has 224 valence electrons. The molecule has 42 heavy (non-hydrogen) atoms. The summed E-state index contributed by atoms with van der Waals surface area (Å²) in [4.78, 5) is 11.1. The number of piperazine rings is 1. The van der Waals surface area contributed by atoms with Crippen LogP contribution in [0.4, 0.5) is 5.69 Å². The number of anilines is 1. The zero-order chi connectivity index (χ0) is 30.1. The molecule has 2 aliphatic heterocycles. The lowest BCUT2D eigenvalue weighted by molar-refractivity contribution is 0.207. The number of hydrogen-bond acceptors (Lipinski definition) is 4. The number of benzene rings is 1. The number of rotatable bonds is 13. The van der Waals surface area contributed by atoms with Gasteiger partial charge in [-0.05, 0) is 107 Å². The fraction of sp³-hybridized carbons (Fsp3) is 0.405. The van der Waals surface area contributed by atoms with E-state index in [0.29, 0.717) is 0 Å². The van der Waals surface area contributed by atoms with Crippen LogP contribution in [-0.4, -0.2) is 79.6 Å². The van der Waals surface area contributed by atoms with E-state index in [1.807, 2.05) is 19.2 Å². The zero-order valence-electron chi connectivity index (χ0n) is 26.4. The number of H-pyrrole nitrogens is 1. The van der Waals surface area contributed by atoms with Gasteiger partial charge in [-0.3, -0.25) is 0 Å². The highest BCUT2D eigenvalue weighted by atomic mass is 15.3. The van der Waals surface area contributed by atoms with E-state index in [4.69, 9.17) is 0 Å². The SMILES string of the molecule is C=C/C=C(\c1cc(C(=C)c2cc(C(/C=C(\C=C)CCCN3CCCC3)=C/C)ccc2NC)[nH]c1C)N1CCN(C)CC1. The first kappa shape index (κ1) is 31.4. The Morgan fingerprint density at radius 2 is 1.76 bits per heavy atom. The number of hydrogen-bond donors (Lipinski definition) is 2. The molecular formula is C37H51N5. The van der Waals surface area contributed by atoms with Gasteiger partial charge in [0.25, 0.3) is 0 Å². The minimum atomic E-state index is 0.973. The van der Waals surface area contributed by atoms with Crippen molar-refractivity contribution in [1.29, 1.82) is 0 Å². The van der Waals surface area contributed by atoms with Crippen LogP contribution in [-0.2, 0) is 0 Å². The fourth-order valence-electron chi connectivity index (χ4n) is 6.13. The molecule has 4 rings (SSSR count). The highest BCUT2D eigenvalue weighted by molar-refractivity contribution is 5.88. The third kappa shape index (κ3) is 7.64. The third-order valence-electron chi connectivity index (χ3n) is 8.74. The molecule has 5 heteroatoms. The number of nitrogens with zero attached hydrogens (tertiary/aromatic N) is 3. The highest BCUT2D eigenvalue weighted by Crippen LogP contribution is 2.34. The van der Waals surface area contributed by atoms with Gasteiger partial charge in [-0.1, -0.05) is 50.1 Å². The lowest BCUT2D eigenvalue weighted by atomic mass is 9.94. The Morgan fingerprint density at radius 1 is 1.02 bits per heavy atom. The second-order valence-corrected chi connectivity index (χ2v) is 11.6. The average molecular weight is 566 g/mol. The molecule has 2 fully saturated rings. The predicted octanol–water partition coefficient (Wildman–Crippen LogP) is 7.59. The second-order valence-electron chi connectivity index (χ2n) is 11.6. The molecular weight excluding hydrogens is 514 g/mol. The second kappa shape index (κ2) is 15.1. The quantitative estimate of drug-likeness (QED) is 0.245. The number of allylic oxidation sites excluding steroid dienone is 7. The number of likely N-dealkylation sites (N-methyl/N-ethyl adjacent to an activating group) is 1. The van der Waals surface area contributed by atoms with Crippen LogP contribution in [0.3, 0.4) is 0 Å². The summed E-state index contributed by atoms with van der Waals surface area (Å²) in [6, 6.07) is 8.88. The van der Waals surface area contributed by atoms with Crippen LogP contribution in [0.2, 0.25) is 0 Å². The van der Waals surface area contributed by atoms with Crippen LogP contribution in [0, 0.1) is 6.92 Å². The van der Waals surface area contributed by atoms with Crippen molar-refractivity contribution in [3.63, 3.8) is 0 Å². The Kier molecular flexibility index (Phi) is 11.3. The number of aromatic amines is 1. The smallest absolute Gasteiger partial charge is 0.0463 e. The van der Waals surface area contributed by atoms with E-state index in [1.54, 1.807) is 0 Å². The van der Waals surface area contributed by atoms with Crippen molar-refractivity contribution in [3.05, 3.63) is 108 Å². The van der Waals surface area contributed by atoms with Crippen molar-refractivity contribution in [2.75, 3.05) is 65.2 Å². The molecule has 0 radical (unpaired) electrons. The van der Waals surface area contributed by atoms with E-state index in [9.17, 15) is 0 Å². The molecule has 3 heterocycles. The van der Waals surface area contributed by atoms with Gasteiger partial charge in [0, 0.05) is 72.7 Å². The average Bonchev–Trinajstić information content (AvgIpc) is 3.67. The van der Waals surface area contributed by atoms with Crippen LogP contribution in [0.1, 0.15) is 60.7 Å². The summed E-state index contributed by atoms with van der Waals surface area (Å²) < 4.78 is 0. The molecule has 1 aromatic heterocycles. The van der Waals surface area contributed by atoms with Gasteiger partial charge < -0.3 is 25.0 Å². The number of nitrogens with one attached hydrogen (secondary N) is 2. The minimum Gasteiger partial charge on any atom is -0.388 e. The summed E-state index contributed by atoms with van der Waals surface area (Å²) >= 11 is 0. The van der Waals surface area contributed by atoms with Crippen LogP contribution >= 0.6 is 0 Å². The summed E-state index contributed by atoms with van der Waals surface area (Å²) in [5, 5.41) is 3.39. The molecule has 0 bridgehead atoms. The van der Waals surface area contributed by atoms with Crippen LogP contribution in [0.15, 0.2) is 80.0 Å². The van der Waals surface area contributed by atoms with Gasteiger partial charge in [-0.15, -0.1) is 0 Å². The van der Waals surface area contributed by atoms with Crippen molar-refractivity contribution in [2.24, 2.45) is 0 Å². The molecule has 0 amide bonds. The summed E-state index contributed by atoms with van der Waals surface area (Å²) in [6.45, 7) is 24.8. The van der Waals surface area contributed by atoms with Gasteiger partial charge in [-0.25, -0.2) is 0 Å². The third-order valence-corrected chi connectivity index (χ3v) is 8.74. The molecule has 2 saturated heterocycles. The first-order valence-corrected chi connectivity index (χ1v) is 15.6. The van der Waals surface area contributed by atoms with E-state index in [2.05, 4.69) is 108 Å². The monoisotopic (exact) mass is 565 g/mol. The Hall–Kier alpha value is -3.54. The summed E-state index contributed by atoms with van der Waals surface area (Å²) in [7, 11) is 4.16. The maximum absolute atomic E-state index is 4.58. The largest absolute Gasteiger partial charge is 0.388 e. The predicted molar refractivity (Wildman–Crippen MR) is 184 cm³/mol. The van der Waals surface area contributed by atoms with E-state index in [1.165, 1.54) is 66.9 Å². The standard InChI is InChI=1S/C37H51N5/c1-8-14-37(42-23-21-40(7)22-24-42)34-27-36(39-29(34)5)28(4)33-26-32(16-17-35(33)38-6)31(10-3)25-30(9-2)15-13-20-41-18-11-12-19-41/h8-10,14,16-17,25-27,38-39H,1-2,4,11-13,15,18-24H2,3,5-7H3/b30-25+,31-10+,37-14+. The lowest BCUT2D eigenvalue weighted by Gasteiger charge is -2.35. The maximum atomic E-state index is 4.58. The van der Waals surface area contributed by atoms with E-state index in [0.717, 1.165) is 60.8 Å². The van der Waals surface area contributed by atoms with Crippen molar-refractivity contribution >= 4 is 22.5 Å². The van der Waals surface area contributed by atoms with Gasteiger partial charge >= 0.3 is 0 Å². The molecule has 2 N–H and O–H groups in total. The zero-order valence-corrected chi connectivity index (χ0v) is 26.4. The molecule has 5 nitrogen and oxygen atoms in total.